The molecule has 0 bridgehead atoms. The van der Waals surface area contributed by atoms with Crippen molar-refractivity contribution in [2.45, 2.75) is 6.54 Å². The van der Waals surface area contributed by atoms with Crippen LogP contribution in [-0.4, -0.2) is 10.1 Å². The molecule has 0 atom stereocenters. The normalized spacial score (nSPS) is 10.4. The Bertz CT molecular complexity index is 695. The van der Waals surface area contributed by atoms with Crippen molar-refractivity contribution in [1.29, 1.82) is 0 Å². The Morgan fingerprint density at radius 2 is 2.05 bits per heavy atom. The van der Waals surface area contributed by atoms with Gasteiger partial charge in [-0.2, -0.15) is 11.3 Å². The molecule has 100 valence electrons. The lowest BCUT2D eigenvalue weighted by atomic mass is 10.1. The number of aromatic hydroxyl groups is 1. The fourth-order valence-corrected chi connectivity index (χ4v) is 2.66. The highest BCUT2D eigenvalue weighted by Gasteiger charge is 2.01. The number of benzene rings is 1. The number of hydrogen-bond acceptors (Lipinski definition) is 4. The summed E-state index contributed by atoms with van der Waals surface area (Å²) >= 11 is 1.68. The van der Waals surface area contributed by atoms with Crippen molar-refractivity contribution in [2.24, 2.45) is 0 Å². The molecular weight excluding hydrogens is 268 g/mol. The van der Waals surface area contributed by atoms with Gasteiger partial charge in [0.2, 0.25) is 0 Å². The maximum absolute atomic E-state index is 9.44. The molecule has 0 saturated heterocycles. The lowest BCUT2D eigenvalue weighted by molar-refractivity contribution is 0.474. The standard InChI is InChI=1S/C16H14N2OS/c19-16-3-1-2-12(6-16)8-18-15-7-14(9-17-10-15)13-4-5-20-11-13/h1-7,9-11,18-19H,8H2. The van der Waals surface area contributed by atoms with Gasteiger partial charge in [-0.05, 0) is 46.2 Å². The maximum Gasteiger partial charge on any atom is 0.115 e. The van der Waals surface area contributed by atoms with Crippen LogP contribution in [0.25, 0.3) is 11.1 Å². The largest absolute Gasteiger partial charge is 0.508 e. The highest BCUT2D eigenvalue weighted by Crippen LogP contribution is 2.24. The number of nitrogens with one attached hydrogen (secondary N) is 1. The van der Waals surface area contributed by atoms with Crippen LogP contribution in [0.5, 0.6) is 5.75 Å². The van der Waals surface area contributed by atoms with E-state index in [2.05, 4.69) is 33.2 Å². The van der Waals surface area contributed by atoms with Crippen LogP contribution in [0.15, 0.2) is 59.6 Å². The van der Waals surface area contributed by atoms with Crippen LogP contribution in [-0.2, 0) is 6.54 Å². The fourth-order valence-electron chi connectivity index (χ4n) is 1.99. The molecule has 0 amide bonds. The van der Waals surface area contributed by atoms with Crippen LogP contribution in [0.4, 0.5) is 5.69 Å². The van der Waals surface area contributed by atoms with E-state index in [0.29, 0.717) is 6.54 Å². The van der Waals surface area contributed by atoms with E-state index < -0.39 is 0 Å². The quantitative estimate of drug-likeness (QED) is 0.756. The van der Waals surface area contributed by atoms with Crippen LogP contribution < -0.4 is 5.32 Å². The number of aromatic nitrogens is 1. The van der Waals surface area contributed by atoms with E-state index in [1.54, 1.807) is 29.7 Å². The van der Waals surface area contributed by atoms with E-state index in [4.69, 9.17) is 0 Å². The summed E-state index contributed by atoms with van der Waals surface area (Å²) in [6.45, 7) is 0.656. The molecule has 0 fully saturated rings. The summed E-state index contributed by atoms with van der Waals surface area (Å²) in [5.41, 5.74) is 4.29. The number of pyridine rings is 1. The molecule has 4 heteroatoms. The number of nitrogens with zero attached hydrogens (tertiary/aromatic N) is 1. The van der Waals surface area contributed by atoms with Gasteiger partial charge in [0.15, 0.2) is 0 Å². The minimum Gasteiger partial charge on any atom is -0.508 e. The smallest absolute Gasteiger partial charge is 0.115 e. The van der Waals surface area contributed by atoms with Gasteiger partial charge in [-0.15, -0.1) is 0 Å². The van der Waals surface area contributed by atoms with Gasteiger partial charge in [-0.3, -0.25) is 4.98 Å². The van der Waals surface area contributed by atoms with Gasteiger partial charge < -0.3 is 10.4 Å². The lowest BCUT2D eigenvalue weighted by Crippen LogP contribution is -1.99. The Kier molecular flexibility index (Phi) is 3.65. The third-order valence-corrected chi connectivity index (χ3v) is 3.68. The molecule has 3 aromatic rings. The first-order chi connectivity index (χ1) is 9.81. The molecule has 0 saturated carbocycles. The number of anilines is 1. The van der Waals surface area contributed by atoms with E-state index >= 15 is 0 Å². The Labute approximate surface area is 121 Å². The maximum atomic E-state index is 9.44. The van der Waals surface area contributed by atoms with Crippen molar-refractivity contribution in [1.82, 2.24) is 4.98 Å². The predicted molar refractivity (Wildman–Crippen MR) is 83.0 cm³/mol. The van der Waals surface area contributed by atoms with Gasteiger partial charge >= 0.3 is 0 Å². The van der Waals surface area contributed by atoms with Crippen LogP contribution in [0, 0.1) is 0 Å². The molecule has 3 rings (SSSR count). The molecule has 0 radical (unpaired) electrons. The molecule has 0 aliphatic rings. The summed E-state index contributed by atoms with van der Waals surface area (Å²) in [5.74, 6) is 0.287. The van der Waals surface area contributed by atoms with Gasteiger partial charge in [-0.25, -0.2) is 0 Å². The molecule has 2 aromatic heterocycles. The summed E-state index contributed by atoms with van der Waals surface area (Å²) < 4.78 is 0. The van der Waals surface area contributed by atoms with Crippen LogP contribution in [0.2, 0.25) is 0 Å². The van der Waals surface area contributed by atoms with Crippen LogP contribution >= 0.6 is 11.3 Å². The average molecular weight is 282 g/mol. The zero-order valence-electron chi connectivity index (χ0n) is 10.8. The van der Waals surface area contributed by atoms with E-state index in [-0.39, 0.29) is 5.75 Å². The summed E-state index contributed by atoms with van der Waals surface area (Å²) in [4.78, 5) is 4.26. The zero-order valence-corrected chi connectivity index (χ0v) is 11.6. The third-order valence-electron chi connectivity index (χ3n) is 3.00. The van der Waals surface area contributed by atoms with Crippen molar-refractivity contribution in [2.75, 3.05) is 5.32 Å². The molecule has 2 N–H and O–H groups in total. The second-order valence-corrected chi connectivity index (χ2v) is 5.28. The van der Waals surface area contributed by atoms with E-state index in [0.717, 1.165) is 16.8 Å². The molecule has 1 aromatic carbocycles. The second-order valence-electron chi connectivity index (χ2n) is 4.50. The number of thiophene rings is 1. The first-order valence-electron chi connectivity index (χ1n) is 6.31. The summed E-state index contributed by atoms with van der Waals surface area (Å²) in [6.07, 6.45) is 3.67. The Hall–Kier alpha value is -2.33. The first-order valence-corrected chi connectivity index (χ1v) is 7.25. The minimum atomic E-state index is 0.287. The Balaban J connectivity index is 1.73. The van der Waals surface area contributed by atoms with E-state index in [9.17, 15) is 5.11 Å². The molecule has 0 spiro atoms. The van der Waals surface area contributed by atoms with Crippen molar-refractivity contribution >= 4 is 17.0 Å². The van der Waals surface area contributed by atoms with Crippen molar-refractivity contribution < 1.29 is 5.11 Å². The van der Waals surface area contributed by atoms with Crippen molar-refractivity contribution in [3.8, 4) is 16.9 Å². The van der Waals surface area contributed by atoms with E-state index in [1.807, 2.05) is 18.3 Å². The highest BCUT2D eigenvalue weighted by atomic mass is 32.1. The predicted octanol–water partition coefficient (Wildman–Crippen LogP) is 4.13. The topological polar surface area (TPSA) is 45.1 Å². The molecule has 0 aliphatic heterocycles. The van der Waals surface area contributed by atoms with Gasteiger partial charge in [0.25, 0.3) is 0 Å². The zero-order chi connectivity index (χ0) is 13.8. The SMILES string of the molecule is Oc1cccc(CNc2cncc(-c3ccsc3)c2)c1. The van der Waals surface area contributed by atoms with Crippen molar-refractivity contribution in [3.05, 3.63) is 65.1 Å². The highest BCUT2D eigenvalue weighted by molar-refractivity contribution is 7.08. The Morgan fingerprint density at radius 3 is 2.85 bits per heavy atom. The monoisotopic (exact) mass is 282 g/mol. The van der Waals surface area contributed by atoms with Gasteiger partial charge in [0.1, 0.15) is 5.75 Å². The molecule has 3 nitrogen and oxygen atoms in total. The second kappa shape index (κ2) is 5.75. The third kappa shape index (κ3) is 2.97. The number of rotatable bonds is 4. The van der Waals surface area contributed by atoms with Crippen LogP contribution in [0.3, 0.4) is 0 Å². The van der Waals surface area contributed by atoms with E-state index in [1.165, 1.54) is 5.56 Å². The van der Waals surface area contributed by atoms with Crippen LogP contribution in [0.1, 0.15) is 5.56 Å². The lowest BCUT2D eigenvalue weighted by Gasteiger charge is -2.08. The van der Waals surface area contributed by atoms with Gasteiger partial charge in [0.05, 0.1) is 5.69 Å². The molecule has 2 heterocycles. The molecule has 0 aliphatic carbocycles. The van der Waals surface area contributed by atoms with Gasteiger partial charge in [0, 0.05) is 24.5 Å². The molecule has 20 heavy (non-hydrogen) atoms. The number of phenols is 1. The summed E-state index contributed by atoms with van der Waals surface area (Å²) in [6, 6.07) is 11.4. The molecular formula is C16H14N2OS. The van der Waals surface area contributed by atoms with Gasteiger partial charge in [-0.1, -0.05) is 12.1 Å². The van der Waals surface area contributed by atoms with Crippen molar-refractivity contribution in [3.63, 3.8) is 0 Å². The molecule has 0 unspecified atom stereocenters. The Morgan fingerprint density at radius 1 is 1.10 bits per heavy atom. The fraction of sp³-hybridized carbons (Fsp3) is 0.0625. The number of phenolic OH excluding ortho intramolecular Hbond substituents is 1. The first kappa shape index (κ1) is 12.7. The average Bonchev–Trinajstić information content (AvgIpc) is 3.00. The minimum absolute atomic E-state index is 0.287. The summed E-state index contributed by atoms with van der Waals surface area (Å²) in [5, 5.41) is 16.9. The summed E-state index contributed by atoms with van der Waals surface area (Å²) in [7, 11) is 0. The number of hydrogen-bond donors (Lipinski definition) is 2.